The molecule has 2 amide bonds. The Bertz CT molecular complexity index is 1570. The second-order valence-corrected chi connectivity index (χ2v) is 13.2. The zero-order valence-corrected chi connectivity index (χ0v) is 26.1. The Kier molecular flexibility index (Phi) is 10.5. The van der Waals surface area contributed by atoms with Crippen LogP contribution in [-0.2, 0) is 32.6 Å². The molecule has 0 fully saturated rings. The van der Waals surface area contributed by atoms with E-state index in [4.69, 9.17) is 4.74 Å². The van der Waals surface area contributed by atoms with E-state index in [-0.39, 0.29) is 30.1 Å². The van der Waals surface area contributed by atoms with Gasteiger partial charge in [-0.05, 0) is 44.9 Å². The second-order valence-electron chi connectivity index (χ2n) is 11.3. The minimum Gasteiger partial charge on any atom is -0.495 e. The van der Waals surface area contributed by atoms with E-state index in [2.05, 4.69) is 5.32 Å². The molecule has 0 bridgehead atoms. The monoisotopic (exact) mass is 610 g/mol. The number of sulfonamides is 1. The number of ether oxygens (including phenoxy) is 1. The molecule has 3 aromatic carbocycles. The smallest absolute Gasteiger partial charge is 0.271 e. The molecule has 0 radical (unpaired) electrons. The average Bonchev–Trinajstić information content (AvgIpc) is 2.92. The van der Waals surface area contributed by atoms with Crippen LogP contribution in [-0.4, -0.2) is 61.5 Å². The number of carbonyl (C=O) groups excluding carboxylic acids is 2. The summed E-state index contributed by atoms with van der Waals surface area (Å²) in [7, 11) is -2.86. The first-order valence-electron chi connectivity index (χ1n) is 13.6. The van der Waals surface area contributed by atoms with Crippen molar-refractivity contribution in [3.05, 3.63) is 99.6 Å². The molecule has 0 aliphatic rings. The van der Waals surface area contributed by atoms with Gasteiger partial charge in [-0.15, -0.1) is 0 Å². The van der Waals surface area contributed by atoms with Crippen LogP contribution in [0.1, 0.15) is 37.5 Å². The Hall–Kier alpha value is -4.45. The number of rotatable bonds is 12. The summed E-state index contributed by atoms with van der Waals surface area (Å²) >= 11 is 0. The van der Waals surface area contributed by atoms with Crippen LogP contribution in [0.4, 0.5) is 11.4 Å². The number of aryl methyl sites for hydroxylation is 1. The number of nitrogens with one attached hydrogen (secondary N) is 1. The van der Waals surface area contributed by atoms with E-state index in [1.54, 1.807) is 0 Å². The highest BCUT2D eigenvalue weighted by Crippen LogP contribution is 2.34. The van der Waals surface area contributed by atoms with Crippen molar-refractivity contribution in [2.24, 2.45) is 0 Å². The fraction of sp³-hybridized carbons (Fsp3) is 0.355. The molecule has 0 spiro atoms. The topological polar surface area (TPSA) is 139 Å². The molecule has 3 rings (SSSR count). The zero-order valence-electron chi connectivity index (χ0n) is 25.2. The molecule has 1 N–H and O–H groups in total. The normalized spacial score (nSPS) is 12.2. The Labute approximate surface area is 252 Å². The van der Waals surface area contributed by atoms with Crippen LogP contribution >= 0.6 is 0 Å². The first-order valence-corrected chi connectivity index (χ1v) is 15.4. The molecular formula is C31H38N4O7S. The molecule has 0 aliphatic carbocycles. The van der Waals surface area contributed by atoms with Crippen LogP contribution < -0.4 is 14.4 Å². The molecule has 230 valence electrons. The van der Waals surface area contributed by atoms with E-state index in [1.807, 2.05) is 82.3 Å². The fourth-order valence-corrected chi connectivity index (χ4v) is 5.44. The van der Waals surface area contributed by atoms with Crippen molar-refractivity contribution in [3.8, 4) is 5.75 Å². The van der Waals surface area contributed by atoms with Crippen molar-refractivity contribution in [3.63, 3.8) is 0 Å². The van der Waals surface area contributed by atoms with Gasteiger partial charge in [-0.1, -0.05) is 60.2 Å². The van der Waals surface area contributed by atoms with E-state index < -0.39 is 44.9 Å². The number of methoxy groups -OCH3 is 1. The lowest BCUT2D eigenvalue weighted by molar-refractivity contribution is -0.384. The van der Waals surface area contributed by atoms with Gasteiger partial charge in [-0.25, -0.2) is 8.42 Å². The number of nitrogens with zero attached hydrogens (tertiary/aromatic N) is 3. The number of anilines is 1. The van der Waals surface area contributed by atoms with Gasteiger partial charge < -0.3 is 15.0 Å². The molecule has 11 nitrogen and oxygen atoms in total. The summed E-state index contributed by atoms with van der Waals surface area (Å²) in [5.41, 5.74) is 1.34. The van der Waals surface area contributed by atoms with E-state index in [1.165, 1.54) is 24.1 Å². The van der Waals surface area contributed by atoms with Gasteiger partial charge in [0.25, 0.3) is 5.69 Å². The lowest BCUT2D eigenvalue weighted by atomic mass is 10.0. The molecule has 1 atom stereocenters. The fourth-order valence-electron chi connectivity index (χ4n) is 4.60. The van der Waals surface area contributed by atoms with Gasteiger partial charge in [-0.3, -0.25) is 24.0 Å². The number of hydrogen-bond acceptors (Lipinski definition) is 7. The summed E-state index contributed by atoms with van der Waals surface area (Å²) in [4.78, 5) is 40.3. The zero-order chi connectivity index (χ0) is 31.9. The minimum atomic E-state index is -4.15. The van der Waals surface area contributed by atoms with Gasteiger partial charge in [0.05, 0.1) is 18.3 Å². The first-order chi connectivity index (χ1) is 20.1. The number of amides is 2. The Morgan fingerprint density at radius 2 is 1.65 bits per heavy atom. The molecule has 0 heterocycles. The van der Waals surface area contributed by atoms with E-state index in [0.717, 1.165) is 33.3 Å². The maximum atomic E-state index is 14.2. The third-order valence-corrected chi connectivity index (χ3v) is 7.65. The van der Waals surface area contributed by atoms with Crippen LogP contribution in [0.3, 0.4) is 0 Å². The number of non-ortho nitro benzene ring substituents is 1. The molecule has 3 aromatic rings. The van der Waals surface area contributed by atoms with Crippen LogP contribution in [0.2, 0.25) is 0 Å². The molecule has 43 heavy (non-hydrogen) atoms. The van der Waals surface area contributed by atoms with Crippen LogP contribution in [0.15, 0.2) is 72.8 Å². The number of nitro groups is 1. The van der Waals surface area contributed by atoms with Crippen molar-refractivity contribution in [1.29, 1.82) is 0 Å². The number of nitro benzene ring substituents is 1. The quantitative estimate of drug-likeness (QED) is 0.239. The molecule has 0 aliphatic heterocycles. The van der Waals surface area contributed by atoms with Gasteiger partial charge in [0.15, 0.2) is 0 Å². The summed E-state index contributed by atoms with van der Waals surface area (Å²) in [6, 6.07) is 19.2. The summed E-state index contributed by atoms with van der Waals surface area (Å²) in [6.07, 6.45) is 1.07. The van der Waals surface area contributed by atoms with Gasteiger partial charge in [0.1, 0.15) is 24.0 Å². The van der Waals surface area contributed by atoms with Gasteiger partial charge in [0, 0.05) is 30.6 Å². The molecule has 0 aromatic heterocycles. The molecule has 0 unspecified atom stereocenters. The van der Waals surface area contributed by atoms with Crippen molar-refractivity contribution >= 4 is 33.2 Å². The van der Waals surface area contributed by atoms with Crippen LogP contribution in [0, 0.1) is 17.0 Å². The highest BCUT2D eigenvalue weighted by Gasteiger charge is 2.35. The second kappa shape index (κ2) is 13.7. The summed E-state index contributed by atoms with van der Waals surface area (Å²) < 4.78 is 32.2. The highest BCUT2D eigenvalue weighted by molar-refractivity contribution is 7.92. The highest BCUT2D eigenvalue weighted by atomic mass is 32.2. The standard InChI is InChI=1S/C31H38N4O7S/c1-22-11-10-14-24(17-22)20-33(27(30(37)32-31(2,3)4)18-23-12-8-7-9-13-23)29(36)21-34(43(6,40)41)26-19-25(35(38)39)15-16-28(26)42-5/h7-17,19,27H,18,20-21H2,1-6H3,(H,32,37)/t27-/m1/s1. The molecule has 12 heteroatoms. The molecule has 0 saturated carbocycles. The van der Waals surface area contributed by atoms with Gasteiger partial charge in [-0.2, -0.15) is 0 Å². The van der Waals surface area contributed by atoms with Crippen molar-refractivity contribution in [1.82, 2.24) is 10.2 Å². The van der Waals surface area contributed by atoms with Gasteiger partial charge >= 0.3 is 0 Å². The van der Waals surface area contributed by atoms with E-state index >= 15 is 0 Å². The van der Waals surface area contributed by atoms with E-state index in [0.29, 0.717) is 0 Å². The largest absolute Gasteiger partial charge is 0.495 e. The summed E-state index contributed by atoms with van der Waals surface area (Å²) in [5.74, 6) is -1.05. The van der Waals surface area contributed by atoms with Crippen LogP contribution in [0.5, 0.6) is 5.75 Å². The van der Waals surface area contributed by atoms with Crippen LogP contribution in [0.25, 0.3) is 0 Å². The summed E-state index contributed by atoms with van der Waals surface area (Å²) in [6.45, 7) is 6.68. The van der Waals surface area contributed by atoms with E-state index in [9.17, 15) is 28.1 Å². The predicted molar refractivity (Wildman–Crippen MR) is 165 cm³/mol. The molecule has 0 saturated heterocycles. The van der Waals surface area contributed by atoms with Crippen molar-refractivity contribution in [2.75, 3.05) is 24.2 Å². The number of hydrogen-bond donors (Lipinski definition) is 1. The lowest BCUT2D eigenvalue weighted by Gasteiger charge is -2.35. The lowest BCUT2D eigenvalue weighted by Crippen LogP contribution is -2.56. The van der Waals surface area contributed by atoms with Gasteiger partial charge in [0.2, 0.25) is 21.8 Å². The average molecular weight is 611 g/mol. The third kappa shape index (κ3) is 9.27. The Morgan fingerprint density at radius 3 is 2.21 bits per heavy atom. The number of benzene rings is 3. The summed E-state index contributed by atoms with van der Waals surface area (Å²) in [5, 5.41) is 14.5. The minimum absolute atomic E-state index is 0.0131. The Balaban J connectivity index is 2.15. The van der Waals surface area contributed by atoms with Crippen molar-refractivity contribution in [2.45, 2.75) is 52.2 Å². The maximum Gasteiger partial charge on any atom is 0.271 e. The Morgan fingerprint density at radius 1 is 1.00 bits per heavy atom. The maximum absolute atomic E-state index is 14.2. The predicted octanol–water partition coefficient (Wildman–Crippen LogP) is 4.23. The molecular weight excluding hydrogens is 572 g/mol. The number of carbonyl (C=O) groups is 2. The van der Waals surface area contributed by atoms with Crippen molar-refractivity contribution < 1.29 is 27.7 Å². The SMILES string of the molecule is COc1ccc([N+](=O)[O-])cc1N(CC(=O)N(Cc1cccc(C)c1)[C@H](Cc1ccccc1)C(=O)NC(C)(C)C)S(C)(=O)=O. The third-order valence-electron chi connectivity index (χ3n) is 6.53. The first kappa shape index (κ1) is 33.1.